The van der Waals surface area contributed by atoms with Gasteiger partial charge in [-0.25, -0.2) is 4.39 Å². The summed E-state index contributed by atoms with van der Waals surface area (Å²) in [6.07, 6.45) is 5.04. The molecule has 0 aliphatic heterocycles. The third-order valence-corrected chi connectivity index (χ3v) is 4.57. The molecule has 2 rings (SSSR count). The molecule has 3 heteroatoms. The zero-order valence-electron chi connectivity index (χ0n) is 11.1. The van der Waals surface area contributed by atoms with Crippen LogP contribution in [0.5, 0.6) is 0 Å². The molecule has 18 heavy (non-hydrogen) atoms. The average Bonchev–Trinajstić information content (AvgIpc) is 2.29. The van der Waals surface area contributed by atoms with Crippen molar-refractivity contribution in [3.63, 3.8) is 0 Å². The van der Waals surface area contributed by atoms with E-state index in [0.717, 1.165) is 16.6 Å². The Labute approximate surface area is 117 Å². The fourth-order valence-corrected chi connectivity index (χ4v) is 3.19. The summed E-state index contributed by atoms with van der Waals surface area (Å²) in [6, 6.07) is 5.42. The highest BCUT2D eigenvalue weighted by Gasteiger charge is 2.27. The highest BCUT2D eigenvalue weighted by molar-refractivity contribution is 9.10. The van der Waals surface area contributed by atoms with Gasteiger partial charge in [0.05, 0.1) is 0 Å². The smallest absolute Gasteiger partial charge is 0.123 e. The Morgan fingerprint density at radius 1 is 1.44 bits per heavy atom. The molecule has 0 amide bonds. The molecule has 0 saturated heterocycles. The summed E-state index contributed by atoms with van der Waals surface area (Å²) in [7, 11) is 0. The van der Waals surface area contributed by atoms with Crippen molar-refractivity contribution < 1.29 is 4.39 Å². The standard InChI is InChI=1S/C15H21BrFN/c1-15(2)7-3-4-13(9-15)18-10-11-8-12(17)5-6-14(11)16/h5-6,8,13,18H,3-4,7,9-10H2,1-2H3. The lowest BCUT2D eigenvalue weighted by Crippen LogP contribution is -2.36. The molecule has 0 radical (unpaired) electrons. The molecular formula is C15H21BrFN. The summed E-state index contributed by atoms with van der Waals surface area (Å²) >= 11 is 3.47. The molecule has 0 heterocycles. The summed E-state index contributed by atoms with van der Waals surface area (Å²) in [5, 5.41) is 3.56. The first-order valence-corrected chi connectivity index (χ1v) is 7.43. The topological polar surface area (TPSA) is 12.0 Å². The van der Waals surface area contributed by atoms with Gasteiger partial charge in [0, 0.05) is 17.1 Å². The van der Waals surface area contributed by atoms with E-state index in [0.29, 0.717) is 11.5 Å². The largest absolute Gasteiger partial charge is 0.310 e. The van der Waals surface area contributed by atoms with Crippen LogP contribution in [0.2, 0.25) is 0 Å². The minimum atomic E-state index is -0.168. The normalized spacial score (nSPS) is 23.0. The van der Waals surface area contributed by atoms with Crippen LogP contribution in [0.4, 0.5) is 4.39 Å². The average molecular weight is 314 g/mol. The van der Waals surface area contributed by atoms with Crippen molar-refractivity contribution in [2.45, 2.75) is 52.1 Å². The fourth-order valence-electron chi connectivity index (χ4n) is 2.81. The van der Waals surface area contributed by atoms with E-state index in [2.05, 4.69) is 35.1 Å². The van der Waals surface area contributed by atoms with Gasteiger partial charge >= 0.3 is 0 Å². The van der Waals surface area contributed by atoms with Gasteiger partial charge in [-0.05, 0) is 48.4 Å². The third-order valence-electron chi connectivity index (χ3n) is 3.79. The van der Waals surface area contributed by atoms with Gasteiger partial charge in [0.2, 0.25) is 0 Å². The third kappa shape index (κ3) is 3.79. The fraction of sp³-hybridized carbons (Fsp3) is 0.600. The molecule has 1 aromatic rings. The molecule has 1 nitrogen and oxygen atoms in total. The van der Waals surface area contributed by atoms with Crippen LogP contribution in [-0.2, 0) is 6.54 Å². The summed E-state index contributed by atoms with van der Waals surface area (Å²) < 4.78 is 14.2. The van der Waals surface area contributed by atoms with E-state index in [-0.39, 0.29) is 5.82 Å². The Bertz CT molecular complexity index is 417. The minimum Gasteiger partial charge on any atom is -0.310 e. The number of benzene rings is 1. The van der Waals surface area contributed by atoms with Crippen molar-refractivity contribution in [2.24, 2.45) is 5.41 Å². The molecular weight excluding hydrogens is 293 g/mol. The van der Waals surface area contributed by atoms with Gasteiger partial charge in [0.15, 0.2) is 0 Å². The first kappa shape index (κ1) is 14.0. The van der Waals surface area contributed by atoms with Crippen molar-refractivity contribution in [3.05, 3.63) is 34.1 Å². The van der Waals surface area contributed by atoms with E-state index in [1.54, 1.807) is 12.1 Å². The van der Waals surface area contributed by atoms with Crippen molar-refractivity contribution in [1.29, 1.82) is 0 Å². The highest BCUT2D eigenvalue weighted by Crippen LogP contribution is 2.35. The molecule has 0 bridgehead atoms. The van der Waals surface area contributed by atoms with E-state index < -0.39 is 0 Å². The van der Waals surface area contributed by atoms with Gasteiger partial charge in [-0.15, -0.1) is 0 Å². The number of hydrogen-bond acceptors (Lipinski definition) is 1. The second-order valence-corrected chi connectivity index (χ2v) is 6.93. The quantitative estimate of drug-likeness (QED) is 0.856. The number of hydrogen-bond donors (Lipinski definition) is 1. The molecule has 1 fully saturated rings. The van der Waals surface area contributed by atoms with E-state index in [1.165, 1.54) is 31.7 Å². The van der Waals surface area contributed by atoms with E-state index in [9.17, 15) is 4.39 Å². The summed E-state index contributed by atoms with van der Waals surface area (Å²) in [5.74, 6) is -0.168. The first-order chi connectivity index (χ1) is 8.46. The van der Waals surface area contributed by atoms with Crippen LogP contribution in [-0.4, -0.2) is 6.04 Å². The number of halogens is 2. The van der Waals surface area contributed by atoms with Crippen LogP contribution in [0.3, 0.4) is 0 Å². The van der Waals surface area contributed by atoms with Gasteiger partial charge in [-0.1, -0.05) is 36.2 Å². The van der Waals surface area contributed by atoms with Crippen molar-refractivity contribution in [1.82, 2.24) is 5.32 Å². The van der Waals surface area contributed by atoms with Crippen molar-refractivity contribution in [2.75, 3.05) is 0 Å². The maximum absolute atomic E-state index is 13.2. The maximum atomic E-state index is 13.2. The van der Waals surface area contributed by atoms with Gasteiger partial charge in [-0.2, -0.15) is 0 Å². The van der Waals surface area contributed by atoms with Crippen LogP contribution in [0.1, 0.15) is 45.1 Å². The predicted octanol–water partition coefficient (Wildman–Crippen LogP) is 4.65. The van der Waals surface area contributed by atoms with E-state index in [4.69, 9.17) is 0 Å². The molecule has 1 aliphatic carbocycles. The number of rotatable bonds is 3. The zero-order chi connectivity index (χ0) is 13.2. The molecule has 1 saturated carbocycles. The molecule has 1 atom stereocenters. The van der Waals surface area contributed by atoms with Crippen molar-refractivity contribution >= 4 is 15.9 Å². The van der Waals surface area contributed by atoms with E-state index >= 15 is 0 Å². The summed E-state index contributed by atoms with van der Waals surface area (Å²) in [4.78, 5) is 0. The second-order valence-electron chi connectivity index (χ2n) is 6.07. The Kier molecular flexibility index (Phi) is 4.44. The van der Waals surface area contributed by atoms with Gasteiger partial charge in [-0.3, -0.25) is 0 Å². The summed E-state index contributed by atoms with van der Waals surface area (Å²) in [5.41, 5.74) is 1.44. The second kappa shape index (κ2) is 5.70. The Balaban J connectivity index is 1.93. The Morgan fingerprint density at radius 3 is 2.94 bits per heavy atom. The lowest BCUT2D eigenvalue weighted by molar-refractivity contribution is 0.197. The lowest BCUT2D eigenvalue weighted by atomic mass is 9.75. The number of nitrogens with one attached hydrogen (secondary N) is 1. The van der Waals surface area contributed by atoms with Crippen LogP contribution >= 0.6 is 15.9 Å². The molecule has 1 aromatic carbocycles. The Morgan fingerprint density at radius 2 is 2.22 bits per heavy atom. The molecule has 100 valence electrons. The van der Waals surface area contributed by atoms with E-state index in [1.807, 2.05) is 0 Å². The molecule has 0 spiro atoms. The Hall–Kier alpha value is -0.410. The van der Waals surface area contributed by atoms with Gasteiger partial charge in [0.1, 0.15) is 5.82 Å². The van der Waals surface area contributed by atoms with Gasteiger partial charge in [0.25, 0.3) is 0 Å². The maximum Gasteiger partial charge on any atom is 0.123 e. The van der Waals surface area contributed by atoms with Crippen LogP contribution in [0.15, 0.2) is 22.7 Å². The summed E-state index contributed by atoms with van der Waals surface area (Å²) in [6.45, 7) is 5.40. The predicted molar refractivity (Wildman–Crippen MR) is 77.0 cm³/mol. The first-order valence-electron chi connectivity index (χ1n) is 6.64. The SMILES string of the molecule is CC1(C)CCCC(NCc2cc(F)ccc2Br)C1. The van der Waals surface area contributed by atoms with Crippen LogP contribution in [0.25, 0.3) is 0 Å². The minimum absolute atomic E-state index is 0.168. The highest BCUT2D eigenvalue weighted by atomic mass is 79.9. The lowest BCUT2D eigenvalue weighted by Gasteiger charge is -2.35. The molecule has 1 N–H and O–H groups in total. The zero-order valence-corrected chi connectivity index (χ0v) is 12.7. The molecule has 0 aromatic heterocycles. The van der Waals surface area contributed by atoms with Crippen LogP contribution in [0, 0.1) is 11.2 Å². The van der Waals surface area contributed by atoms with Crippen molar-refractivity contribution in [3.8, 4) is 0 Å². The van der Waals surface area contributed by atoms with Gasteiger partial charge < -0.3 is 5.32 Å². The molecule has 1 aliphatic rings. The monoisotopic (exact) mass is 313 g/mol. The van der Waals surface area contributed by atoms with Crippen LogP contribution < -0.4 is 5.32 Å². The molecule has 1 unspecified atom stereocenters.